The second-order valence-corrected chi connectivity index (χ2v) is 6.85. The van der Waals surface area contributed by atoms with E-state index in [2.05, 4.69) is 12.2 Å². The fraction of sp³-hybridized carbons (Fsp3) is 0.571. The van der Waals surface area contributed by atoms with E-state index in [1.54, 1.807) is 24.3 Å². The first-order valence-electron chi connectivity index (χ1n) is 9.14. The molecule has 0 bridgehead atoms. The lowest BCUT2D eigenvalue weighted by Crippen LogP contribution is -2.34. The van der Waals surface area contributed by atoms with Crippen LogP contribution >= 0.6 is 0 Å². The van der Waals surface area contributed by atoms with Gasteiger partial charge in [-0.1, -0.05) is 37.1 Å². The van der Waals surface area contributed by atoms with Crippen LogP contribution in [-0.2, 0) is 11.3 Å². The minimum atomic E-state index is -2.46. The number of nitriles is 1. The zero-order valence-electron chi connectivity index (χ0n) is 14.8. The second-order valence-electron chi connectivity index (χ2n) is 6.85. The Balaban J connectivity index is 1.83. The molecule has 0 saturated heterocycles. The van der Waals surface area contributed by atoms with Gasteiger partial charge in [0.25, 0.3) is 6.43 Å². The fourth-order valence-corrected chi connectivity index (χ4v) is 3.59. The van der Waals surface area contributed by atoms with Gasteiger partial charge in [-0.3, -0.25) is 0 Å². The maximum Gasteiger partial charge on any atom is 0.264 e. The van der Waals surface area contributed by atoms with Gasteiger partial charge in [-0.2, -0.15) is 5.26 Å². The lowest BCUT2D eigenvalue weighted by molar-refractivity contribution is -0.102. The van der Waals surface area contributed by atoms with E-state index in [1.165, 1.54) is 0 Å². The molecule has 0 aromatic heterocycles. The van der Waals surface area contributed by atoms with Crippen molar-refractivity contribution in [1.29, 1.82) is 5.26 Å². The Morgan fingerprint density at radius 3 is 2.44 bits per heavy atom. The first kappa shape index (κ1) is 19.6. The van der Waals surface area contributed by atoms with Crippen LogP contribution in [0.3, 0.4) is 0 Å². The molecule has 1 atom stereocenters. The van der Waals surface area contributed by atoms with Crippen molar-refractivity contribution >= 4 is 0 Å². The number of allylic oxidation sites excluding steroid dienone is 2. The van der Waals surface area contributed by atoms with E-state index in [1.807, 2.05) is 13.0 Å². The van der Waals surface area contributed by atoms with E-state index in [0.717, 1.165) is 44.1 Å². The van der Waals surface area contributed by atoms with Crippen LogP contribution in [0.25, 0.3) is 0 Å². The molecule has 2 nitrogen and oxygen atoms in total. The van der Waals surface area contributed by atoms with Crippen molar-refractivity contribution in [3.8, 4) is 6.07 Å². The molecule has 0 heterocycles. The topological polar surface area (TPSA) is 33.0 Å². The summed E-state index contributed by atoms with van der Waals surface area (Å²) in [6.45, 7) is 2.19. The maximum atomic E-state index is 13.5. The molecule has 4 heteroatoms. The molecule has 1 aromatic rings. The number of hydrogen-bond acceptors (Lipinski definition) is 2. The summed E-state index contributed by atoms with van der Waals surface area (Å²) in [5, 5.41) is 8.79. The predicted octanol–water partition coefficient (Wildman–Crippen LogP) is 5.87. The Labute approximate surface area is 149 Å². The molecule has 0 N–H and O–H groups in total. The largest absolute Gasteiger partial charge is 0.367 e. The number of rotatable bonds is 8. The third kappa shape index (κ3) is 6.25. The Bertz CT molecular complexity index is 569. The van der Waals surface area contributed by atoms with E-state index >= 15 is 0 Å². The lowest BCUT2D eigenvalue weighted by Gasteiger charge is -2.33. The van der Waals surface area contributed by atoms with Crippen molar-refractivity contribution in [2.45, 2.75) is 64.6 Å². The highest BCUT2D eigenvalue weighted by Crippen LogP contribution is 2.36. The van der Waals surface area contributed by atoms with Crippen LogP contribution in [-0.4, -0.2) is 12.5 Å². The standard InChI is InChI=1S/C21H27F2NO/c1-2-3-4-5-16-10-12-19(13-11-16)20(21(22)23)25-15-18-8-6-17(14-24)7-9-18/h2-3,6-9,16,19-21H,4-5,10-13,15H2,1H3/b3-2+. The Kier molecular flexibility index (Phi) is 8.08. The molecule has 0 spiro atoms. The van der Waals surface area contributed by atoms with Gasteiger partial charge in [0, 0.05) is 0 Å². The minimum absolute atomic E-state index is 0.0589. The number of halogens is 2. The van der Waals surface area contributed by atoms with Crippen LogP contribution in [0.4, 0.5) is 8.78 Å². The molecular formula is C21H27F2NO. The quantitative estimate of drug-likeness (QED) is 0.551. The van der Waals surface area contributed by atoms with Crippen molar-refractivity contribution in [3.63, 3.8) is 0 Å². The van der Waals surface area contributed by atoms with Crippen LogP contribution in [0.2, 0.25) is 0 Å². The molecule has 1 aromatic carbocycles. The molecule has 0 radical (unpaired) electrons. The first-order valence-corrected chi connectivity index (χ1v) is 9.14. The first-order chi connectivity index (χ1) is 12.1. The zero-order valence-corrected chi connectivity index (χ0v) is 14.8. The normalized spacial score (nSPS) is 22.2. The summed E-state index contributed by atoms with van der Waals surface area (Å²) in [7, 11) is 0. The third-order valence-electron chi connectivity index (χ3n) is 5.11. The molecule has 136 valence electrons. The van der Waals surface area contributed by atoms with Crippen molar-refractivity contribution < 1.29 is 13.5 Å². The molecule has 0 amide bonds. The van der Waals surface area contributed by atoms with Crippen LogP contribution in [0, 0.1) is 23.2 Å². The monoisotopic (exact) mass is 347 g/mol. The van der Waals surface area contributed by atoms with Crippen molar-refractivity contribution in [3.05, 3.63) is 47.5 Å². The molecule has 25 heavy (non-hydrogen) atoms. The van der Waals surface area contributed by atoms with E-state index in [4.69, 9.17) is 10.00 Å². The summed E-state index contributed by atoms with van der Waals surface area (Å²) < 4.78 is 32.5. The van der Waals surface area contributed by atoms with Crippen molar-refractivity contribution in [2.75, 3.05) is 0 Å². The summed E-state index contributed by atoms with van der Waals surface area (Å²) in [5.74, 6) is 0.598. The molecule has 1 aliphatic rings. The van der Waals surface area contributed by atoms with Crippen LogP contribution in [0.5, 0.6) is 0 Å². The van der Waals surface area contributed by atoms with Crippen molar-refractivity contribution in [2.24, 2.45) is 11.8 Å². The highest BCUT2D eigenvalue weighted by atomic mass is 19.3. The third-order valence-corrected chi connectivity index (χ3v) is 5.11. The molecule has 1 fully saturated rings. The van der Waals surface area contributed by atoms with E-state index in [9.17, 15) is 8.78 Å². The molecular weight excluding hydrogens is 320 g/mol. The smallest absolute Gasteiger partial charge is 0.264 e. The van der Waals surface area contributed by atoms with Gasteiger partial charge >= 0.3 is 0 Å². The van der Waals surface area contributed by atoms with E-state index in [0.29, 0.717) is 11.5 Å². The highest BCUT2D eigenvalue weighted by Gasteiger charge is 2.33. The van der Waals surface area contributed by atoms with Gasteiger partial charge in [-0.05, 0) is 62.1 Å². The number of nitrogens with zero attached hydrogens (tertiary/aromatic N) is 1. The summed E-state index contributed by atoms with van der Waals surface area (Å²) in [6.07, 6.45) is 6.71. The summed E-state index contributed by atoms with van der Waals surface area (Å²) in [5.41, 5.74) is 1.38. The van der Waals surface area contributed by atoms with Gasteiger partial charge in [0.2, 0.25) is 0 Å². The summed E-state index contributed by atoms with van der Waals surface area (Å²) in [4.78, 5) is 0. The summed E-state index contributed by atoms with van der Waals surface area (Å²) in [6, 6.07) is 8.95. The van der Waals surface area contributed by atoms with Gasteiger partial charge in [0.05, 0.1) is 18.2 Å². The number of ether oxygens (including phenoxy) is 1. The van der Waals surface area contributed by atoms with Crippen molar-refractivity contribution in [1.82, 2.24) is 0 Å². The van der Waals surface area contributed by atoms with Crippen LogP contribution in [0.15, 0.2) is 36.4 Å². The lowest BCUT2D eigenvalue weighted by atomic mass is 9.77. The van der Waals surface area contributed by atoms with Gasteiger partial charge in [-0.15, -0.1) is 0 Å². The minimum Gasteiger partial charge on any atom is -0.367 e. The van der Waals surface area contributed by atoms with Crippen LogP contribution < -0.4 is 0 Å². The molecule has 0 aliphatic heterocycles. The molecule has 1 saturated carbocycles. The SMILES string of the molecule is C/C=C/CCC1CCC(C(OCc2ccc(C#N)cc2)C(F)F)CC1. The number of alkyl halides is 2. The van der Waals surface area contributed by atoms with Gasteiger partial charge < -0.3 is 4.74 Å². The van der Waals surface area contributed by atoms with Gasteiger partial charge in [-0.25, -0.2) is 8.78 Å². The Morgan fingerprint density at radius 2 is 1.88 bits per heavy atom. The molecule has 1 unspecified atom stereocenters. The van der Waals surface area contributed by atoms with Gasteiger partial charge in [0.15, 0.2) is 0 Å². The van der Waals surface area contributed by atoms with E-state index in [-0.39, 0.29) is 12.5 Å². The number of hydrogen-bond donors (Lipinski definition) is 0. The van der Waals surface area contributed by atoms with Gasteiger partial charge in [0.1, 0.15) is 6.10 Å². The molecule has 1 aliphatic carbocycles. The maximum absolute atomic E-state index is 13.5. The fourth-order valence-electron chi connectivity index (χ4n) is 3.59. The molecule has 2 rings (SSSR count). The van der Waals surface area contributed by atoms with Crippen LogP contribution in [0.1, 0.15) is 56.6 Å². The Morgan fingerprint density at radius 1 is 1.20 bits per heavy atom. The summed E-state index contributed by atoms with van der Waals surface area (Å²) >= 11 is 0. The second kappa shape index (κ2) is 10.3. The zero-order chi connectivity index (χ0) is 18.1. The number of benzene rings is 1. The predicted molar refractivity (Wildman–Crippen MR) is 95.2 cm³/mol. The van der Waals surface area contributed by atoms with E-state index < -0.39 is 12.5 Å². The average Bonchev–Trinajstić information content (AvgIpc) is 2.63. The Hall–Kier alpha value is -1.73. The highest BCUT2D eigenvalue weighted by molar-refractivity contribution is 5.31. The average molecular weight is 347 g/mol.